The summed E-state index contributed by atoms with van der Waals surface area (Å²) < 4.78 is 11.9. The maximum Gasteiger partial charge on any atom is 0.260 e. The molecule has 2 fully saturated rings. The highest BCUT2D eigenvalue weighted by atomic mass is 79.9. The standard InChI is InChI=1S/C18H20BrN3O3/c19-12-5-7-15(20-16(23)8-6-13-2-1-9-24-13)14(10-12)18-21-17(22-25-18)11-3-4-11/h5,7,10-11,13H,1-4,6,8-9H2,(H,20,23)/t13-/m1/s1. The molecule has 1 aromatic carbocycles. The molecule has 4 rings (SSSR count). The van der Waals surface area contributed by atoms with Crippen molar-refractivity contribution in [3.05, 3.63) is 28.5 Å². The topological polar surface area (TPSA) is 77.2 Å². The molecule has 0 bridgehead atoms. The second kappa shape index (κ2) is 7.25. The van der Waals surface area contributed by atoms with Crippen LogP contribution in [0, 0.1) is 0 Å². The average Bonchev–Trinajstić information content (AvgIpc) is 3.12. The smallest absolute Gasteiger partial charge is 0.260 e. The van der Waals surface area contributed by atoms with Crippen LogP contribution in [0.3, 0.4) is 0 Å². The van der Waals surface area contributed by atoms with Crippen molar-refractivity contribution >= 4 is 27.5 Å². The van der Waals surface area contributed by atoms with Gasteiger partial charge in [0.1, 0.15) is 0 Å². The van der Waals surface area contributed by atoms with Crippen molar-refractivity contribution in [3.8, 4) is 11.5 Å². The molecular weight excluding hydrogens is 386 g/mol. The summed E-state index contributed by atoms with van der Waals surface area (Å²) in [6.07, 6.45) is 5.77. The lowest BCUT2D eigenvalue weighted by atomic mass is 10.1. The van der Waals surface area contributed by atoms with Crippen LogP contribution in [0.15, 0.2) is 27.2 Å². The minimum Gasteiger partial charge on any atom is -0.378 e. The van der Waals surface area contributed by atoms with E-state index in [1.807, 2.05) is 18.2 Å². The third kappa shape index (κ3) is 4.10. The number of rotatable bonds is 6. The fourth-order valence-electron chi connectivity index (χ4n) is 3.03. The number of amides is 1. The summed E-state index contributed by atoms with van der Waals surface area (Å²) in [5, 5.41) is 7.03. The Kier molecular flexibility index (Phi) is 4.85. The number of hydrogen-bond donors (Lipinski definition) is 1. The number of hydrogen-bond acceptors (Lipinski definition) is 5. The van der Waals surface area contributed by atoms with Crippen molar-refractivity contribution in [2.24, 2.45) is 0 Å². The maximum absolute atomic E-state index is 12.3. The van der Waals surface area contributed by atoms with Crippen molar-refractivity contribution in [1.29, 1.82) is 0 Å². The Bertz CT molecular complexity index is 767. The van der Waals surface area contributed by atoms with Crippen molar-refractivity contribution in [3.63, 3.8) is 0 Å². The van der Waals surface area contributed by atoms with Crippen molar-refractivity contribution < 1.29 is 14.1 Å². The summed E-state index contributed by atoms with van der Waals surface area (Å²) >= 11 is 3.46. The van der Waals surface area contributed by atoms with Crippen LogP contribution in [-0.2, 0) is 9.53 Å². The lowest BCUT2D eigenvalue weighted by Crippen LogP contribution is -2.15. The van der Waals surface area contributed by atoms with Gasteiger partial charge in [0.2, 0.25) is 5.91 Å². The van der Waals surface area contributed by atoms with Gasteiger partial charge in [0.05, 0.1) is 17.4 Å². The summed E-state index contributed by atoms with van der Waals surface area (Å²) in [7, 11) is 0. The van der Waals surface area contributed by atoms with Crippen molar-refractivity contribution in [2.75, 3.05) is 11.9 Å². The largest absolute Gasteiger partial charge is 0.378 e. The van der Waals surface area contributed by atoms with Crippen LogP contribution in [-0.4, -0.2) is 28.8 Å². The molecule has 0 radical (unpaired) electrons. The first kappa shape index (κ1) is 16.7. The summed E-state index contributed by atoms with van der Waals surface area (Å²) in [6, 6.07) is 5.63. The molecule has 1 aromatic heterocycles. The number of anilines is 1. The molecule has 1 saturated carbocycles. The maximum atomic E-state index is 12.3. The average molecular weight is 406 g/mol. The Labute approximate surface area is 154 Å². The number of carbonyl (C=O) groups is 1. The van der Waals surface area contributed by atoms with Gasteiger partial charge in [-0.05, 0) is 50.3 Å². The first-order chi connectivity index (χ1) is 12.2. The van der Waals surface area contributed by atoms with Crippen LogP contribution in [0.4, 0.5) is 5.69 Å². The number of aromatic nitrogens is 2. The van der Waals surface area contributed by atoms with E-state index in [4.69, 9.17) is 9.26 Å². The molecule has 0 unspecified atom stereocenters. The van der Waals surface area contributed by atoms with Gasteiger partial charge in [-0.2, -0.15) is 4.98 Å². The van der Waals surface area contributed by atoms with E-state index >= 15 is 0 Å². The molecular formula is C18H20BrN3O3. The third-order valence-corrected chi connectivity index (χ3v) is 5.08. The molecule has 1 atom stereocenters. The van der Waals surface area contributed by atoms with E-state index in [0.29, 0.717) is 23.9 Å². The highest BCUT2D eigenvalue weighted by Gasteiger charge is 2.29. The van der Waals surface area contributed by atoms with Crippen LogP contribution in [0.2, 0.25) is 0 Å². The Morgan fingerprint density at radius 3 is 2.96 bits per heavy atom. The predicted molar refractivity (Wildman–Crippen MR) is 96.2 cm³/mol. The van der Waals surface area contributed by atoms with Gasteiger partial charge in [-0.15, -0.1) is 0 Å². The van der Waals surface area contributed by atoms with E-state index in [9.17, 15) is 4.79 Å². The van der Waals surface area contributed by atoms with E-state index in [0.717, 1.165) is 54.6 Å². The van der Waals surface area contributed by atoms with Crippen molar-refractivity contribution in [1.82, 2.24) is 10.1 Å². The Morgan fingerprint density at radius 1 is 1.32 bits per heavy atom. The van der Waals surface area contributed by atoms with E-state index in [2.05, 4.69) is 31.4 Å². The van der Waals surface area contributed by atoms with Gasteiger partial charge in [-0.1, -0.05) is 21.1 Å². The fourth-order valence-corrected chi connectivity index (χ4v) is 3.39. The Hall–Kier alpha value is -1.73. The minimum absolute atomic E-state index is 0.0268. The summed E-state index contributed by atoms with van der Waals surface area (Å²) in [5.74, 6) is 1.60. The molecule has 7 heteroatoms. The van der Waals surface area contributed by atoms with E-state index in [-0.39, 0.29) is 12.0 Å². The van der Waals surface area contributed by atoms with Crippen molar-refractivity contribution in [2.45, 2.75) is 50.5 Å². The number of nitrogens with one attached hydrogen (secondary N) is 1. The molecule has 1 amide bonds. The number of halogens is 1. The molecule has 1 aliphatic heterocycles. The zero-order chi connectivity index (χ0) is 17.2. The molecule has 6 nitrogen and oxygen atoms in total. The SMILES string of the molecule is O=C(CC[C@H]1CCCO1)Nc1ccc(Br)cc1-c1nc(C2CC2)no1. The van der Waals surface area contributed by atoms with E-state index < -0.39 is 0 Å². The first-order valence-corrected chi connectivity index (χ1v) is 9.53. The Morgan fingerprint density at radius 2 is 2.20 bits per heavy atom. The van der Waals surface area contributed by atoms with Gasteiger partial charge in [0.25, 0.3) is 5.89 Å². The fraction of sp³-hybridized carbons (Fsp3) is 0.500. The molecule has 2 aliphatic rings. The molecule has 1 N–H and O–H groups in total. The Balaban J connectivity index is 1.47. The molecule has 132 valence electrons. The number of benzene rings is 1. The quantitative estimate of drug-likeness (QED) is 0.775. The van der Waals surface area contributed by atoms with Crippen LogP contribution >= 0.6 is 15.9 Å². The van der Waals surface area contributed by atoms with Crippen LogP contribution in [0.1, 0.15) is 50.3 Å². The number of carbonyl (C=O) groups excluding carboxylic acids is 1. The summed E-state index contributed by atoms with van der Waals surface area (Å²) in [5.41, 5.74) is 1.42. The van der Waals surface area contributed by atoms with Crippen LogP contribution < -0.4 is 5.32 Å². The molecule has 25 heavy (non-hydrogen) atoms. The molecule has 2 aromatic rings. The van der Waals surface area contributed by atoms with Gasteiger partial charge >= 0.3 is 0 Å². The zero-order valence-electron chi connectivity index (χ0n) is 13.8. The van der Waals surface area contributed by atoms with E-state index in [1.165, 1.54) is 0 Å². The van der Waals surface area contributed by atoms with Gasteiger partial charge in [0.15, 0.2) is 5.82 Å². The molecule has 0 spiro atoms. The third-order valence-electron chi connectivity index (χ3n) is 4.59. The molecule has 1 aliphatic carbocycles. The van der Waals surface area contributed by atoms with Gasteiger partial charge in [-0.25, -0.2) is 0 Å². The number of nitrogens with zero attached hydrogens (tertiary/aromatic N) is 2. The zero-order valence-corrected chi connectivity index (χ0v) is 15.4. The normalized spacial score (nSPS) is 20.0. The van der Waals surface area contributed by atoms with Crippen LogP contribution in [0.5, 0.6) is 0 Å². The van der Waals surface area contributed by atoms with Gasteiger partial charge < -0.3 is 14.6 Å². The second-order valence-electron chi connectivity index (χ2n) is 6.64. The highest BCUT2D eigenvalue weighted by Crippen LogP contribution is 2.39. The van der Waals surface area contributed by atoms with E-state index in [1.54, 1.807) is 0 Å². The minimum atomic E-state index is -0.0268. The lowest BCUT2D eigenvalue weighted by Gasteiger charge is -2.11. The van der Waals surface area contributed by atoms with Crippen LogP contribution in [0.25, 0.3) is 11.5 Å². The molecule has 2 heterocycles. The first-order valence-electron chi connectivity index (χ1n) is 8.74. The van der Waals surface area contributed by atoms with Gasteiger partial charge in [-0.3, -0.25) is 4.79 Å². The predicted octanol–water partition coefficient (Wildman–Crippen LogP) is 4.27. The molecule has 1 saturated heterocycles. The van der Waals surface area contributed by atoms with Gasteiger partial charge in [0, 0.05) is 23.4 Å². The number of ether oxygens (including phenoxy) is 1. The lowest BCUT2D eigenvalue weighted by molar-refractivity contribution is -0.116. The monoisotopic (exact) mass is 405 g/mol. The second-order valence-corrected chi connectivity index (χ2v) is 7.56. The summed E-state index contributed by atoms with van der Waals surface area (Å²) in [6.45, 7) is 0.809. The highest BCUT2D eigenvalue weighted by molar-refractivity contribution is 9.10. The summed E-state index contributed by atoms with van der Waals surface area (Å²) in [4.78, 5) is 16.8.